The molecule has 148 valence electrons. The molecule has 2 atom stereocenters. The highest BCUT2D eigenvalue weighted by Crippen LogP contribution is 2.31. The van der Waals surface area contributed by atoms with E-state index < -0.39 is 0 Å². The molecule has 0 aliphatic carbocycles. The predicted molar refractivity (Wildman–Crippen MR) is 106 cm³/mol. The molecule has 1 N–H and O–H groups in total. The normalized spacial score (nSPS) is 18.5. The predicted octanol–water partition coefficient (Wildman–Crippen LogP) is 2.13. The summed E-state index contributed by atoms with van der Waals surface area (Å²) in [6.45, 7) is 0.566. The summed E-state index contributed by atoms with van der Waals surface area (Å²) in [6, 6.07) is 8.99. The highest BCUT2D eigenvalue weighted by Gasteiger charge is 2.31. The van der Waals surface area contributed by atoms with Gasteiger partial charge >= 0.3 is 5.97 Å². The summed E-state index contributed by atoms with van der Waals surface area (Å²) in [5.74, 6) is 1.77. The lowest BCUT2D eigenvalue weighted by Crippen LogP contribution is -2.31. The molecule has 0 spiro atoms. The van der Waals surface area contributed by atoms with E-state index >= 15 is 0 Å². The molecule has 4 rings (SSSR count). The number of hydrogen-bond acceptors (Lipinski definition) is 7. The first-order valence-corrected chi connectivity index (χ1v) is 8.64. The van der Waals surface area contributed by atoms with Gasteiger partial charge < -0.3 is 19.5 Å². The SMILES string of the molecule is COC(=O)[C@@H]1C[C@@H](Oc2cc(-n3cccn3)nc3cc(OC)ccc23)CN1.Cl. The molecule has 1 aliphatic heterocycles. The van der Waals surface area contributed by atoms with Crippen LogP contribution in [0.5, 0.6) is 11.5 Å². The lowest BCUT2D eigenvalue weighted by atomic mass is 10.1. The first kappa shape index (κ1) is 19.9. The molecule has 0 unspecified atom stereocenters. The summed E-state index contributed by atoms with van der Waals surface area (Å²) in [6.07, 6.45) is 3.92. The van der Waals surface area contributed by atoms with Crippen molar-refractivity contribution >= 4 is 29.3 Å². The average molecular weight is 405 g/mol. The Kier molecular flexibility index (Phi) is 6.01. The topological polar surface area (TPSA) is 87.5 Å². The van der Waals surface area contributed by atoms with Crippen molar-refractivity contribution in [3.8, 4) is 17.3 Å². The molecule has 0 bridgehead atoms. The summed E-state index contributed by atoms with van der Waals surface area (Å²) in [4.78, 5) is 16.4. The van der Waals surface area contributed by atoms with Gasteiger partial charge in [-0.15, -0.1) is 12.4 Å². The van der Waals surface area contributed by atoms with Crippen LogP contribution in [0.3, 0.4) is 0 Å². The van der Waals surface area contributed by atoms with Crippen LogP contribution in [-0.4, -0.2) is 53.6 Å². The van der Waals surface area contributed by atoms with Crippen molar-refractivity contribution in [3.05, 3.63) is 42.7 Å². The fourth-order valence-electron chi connectivity index (χ4n) is 3.20. The molecule has 1 fully saturated rings. The first-order chi connectivity index (χ1) is 13.2. The molecule has 1 aromatic carbocycles. The molecule has 0 radical (unpaired) electrons. The summed E-state index contributed by atoms with van der Waals surface area (Å²) < 4.78 is 18.0. The Balaban J connectivity index is 0.00000225. The van der Waals surface area contributed by atoms with E-state index in [2.05, 4.69) is 15.4 Å². The number of methoxy groups -OCH3 is 2. The number of halogens is 1. The highest BCUT2D eigenvalue weighted by atomic mass is 35.5. The van der Waals surface area contributed by atoms with Gasteiger partial charge in [0.05, 0.1) is 19.7 Å². The van der Waals surface area contributed by atoms with E-state index in [1.54, 1.807) is 18.0 Å². The van der Waals surface area contributed by atoms with Crippen molar-refractivity contribution < 1.29 is 19.0 Å². The van der Waals surface area contributed by atoms with Gasteiger partial charge in [0.25, 0.3) is 0 Å². The molecule has 0 amide bonds. The van der Waals surface area contributed by atoms with Crippen molar-refractivity contribution in [2.75, 3.05) is 20.8 Å². The number of fused-ring (bicyclic) bond motifs is 1. The smallest absolute Gasteiger partial charge is 0.323 e. The zero-order valence-corrected chi connectivity index (χ0v) is 16.3. The number of esters is 1. The fraction of sp³-hybridized carbons (Fsp3) is 0.316. The van der Waals surface area contributed by atoms with Gasteiger partial charge in [-0.25, -0.2) is 9.67 Å². The second-order valence-corrected chi connectivity index (χ2v) is 6.27. The molecule has 1 aliphatic rings. The largest absolute Gasteiger partial charge is 0.497 e. The van der Waals surface area contributed by atoms with Crippen molar-refractivity contribution in [2.45, 2.75) is 18.6 Å². The fourth-order valence-corrected chi connectivity index (χ4v) is 3.20. The molecule has 3 heterocycles. The van der Waals surface area contributed by atoms with Crippen LogP contribution in [0.4, 0.5) is 0 Å². The summed E-state index contributed by atoms with van der Waals surface area (Å²) >= 11 is 0. The van der Waals surface area contributed by atoms with Crippen LogP contribution >= 0.6 is 12.4 Å². The van der Waals surface area contributed by atoms with Gasteiger partial charge in [0.1, 0.15) is 23.6 Å². The Labute approximate surface area is 168 Å². The minimum Gasteiger partial charge on any atom is -0.497 e. The monoisotopic (exact) mass is 404 g/mol. The molecular weight excluding hydrogens is 384 g/mol. The van der Waals surface area contributed by atoms with Crippen molar-refractivity contribution in [1.29, 1.82) is 0 Å². The third kappa shape index (κ3) is 3.88. The van der Waals surface area contributed by atoms with Crippen LogP contribution < -0.4 is 14.8 Å². The molecular formula is C19H21ClN4O4. The second-order valence-electron chi connectivity index (χ2n) is 6.27. The van der Waals surface area contributed by atoms with E-state index in [0.29, 0.717) is 30.3 Å². The van der Waals surface area contributed by atoms with Crippen LogP contribution in [0, 0.1) is 0 Å². The van der Waals surface area contributed by atoms with Crippen molar-refractivity contribution in [1.82, 2.24) is 20.1 Å². The Hall–Kier alpha value is -2.84. The molecule has 1 saturated heterocycles. The van der Waals surface area contributed by atoms with E-state index in [-0.39, 0.29) is 30.5 Å². The highest BCUT2D eigenvalue weighted by molar-refractivity contribution is 5.87. The number of carbonyl (C=O) groups is 1. The maximum atomic E-state index is 11.7. The lowest BCUT2D eigenvalue weighted by molar-refractivity contribution is -0.142. The molecule has 28 heavy (non-hydrogen) atoms. The van der Waals surface area contributed by atoms with Crippen molar-refractivity contribution in [3.63, 3.8) is 0 Å². The summed E-state index contributed by atoms with van der Waals surface area (Å²) in [5, 5.41) is 8.25. The summed E-state index contributed by atoms with van der Waals surface area (Å²) in [7, 11) is 3.01. The molecule has 0 saturated carbocycles. The van der Waals surface area contributed by atoms with E-state index in [0.717, 1.165) is 10.9 Å². The van der Waals surface area contributed by atoms with Gasteiger partial charge in [0.15, 0.2) is 5.82 Å². The summed E-state index contributed by atoms with van der Waals surface area (Å²) in [5.41, 5.74) is 0.743. The number of aromatic nitrogens is 3. The number of ether oxygens (including phenoxy) is 3. The quantitative estimate of drug-likeness (QED) is 0.652. The average Bonchev–Trinajstić information content (AvgIpc) is 3.39. The van der Waals surface area contributed by atoms with Gasteiger partial charge in [0, 0.05) is 42.9 Å². The first-order valence-electron chi connectivity index (χ1n) is 8.64. The van der Waals surface area contributed by atoms with Crippen LogP contribution in [0.2, 0.25) is 0 Å². The second kappa shape index (κ2) is 8.45. The molecule has 3 aromatic rings. The van der Waals surface area contributed by atoms with Gasteiger partial charge in [-0.2, -0.15) is 5.10 Å². The van der Waals surface area contributed by atoms with Crippen molar-refractivity contribution in [2.24, 2.45) is 0 Å². The number of nitrogens with zero attached hydrogens (tertiary/aromatic N) is 3. The minimum absolute atomic E-state index is 0. The number of nitrogens with one attached hydrogen (secondary N) is 1. The third-order valence-corrected chi connectivity index (χ3v) is 4.57. The van der Waals surface area contributed by atoms with Crippen LogP contribution in [0.25, 0.3) is 16.7 Å². The Bertz CT molecular complexity index is 964. The van der Waals surface area contributed by atoms with Gasteiger partial charge in [-0.3, -0.25) is 4.79 Å². The van der Waals surface area contributed by atoms with E-state index in [1.807, 2.05) is 36.5 Å². The number of pyridine rings is 1. The van der Waals surface area contributed by atoms with Gasteiger partial charge in [0.2, 0.25) is 0 Å². The van der Waals surface area contributed by atoms with Gasteiger partial charge in [-0.05, 0) is 18.2 Å². The Morgan fingerprint density at radius 2 is 2.14 bits per heavy atom. The standard InChI is InChI=1S/C19H20N4O4.ClH/c1-25-12-4-5-14-15(8-12)22-18(23-7-3-6-21-23)10-17(14)27-13-9-16(20-11-13)19(24)26-2;/h3-8,10,13,16,20H,9,11H2,1-2H3;1H/t13-,16+;/m1./s1. The third-order valence-electron chi connectivity index (χ3n) is 4.57. The minimum atomic E-state index is -0.348. The number of carbonyl (C=O) groups excluding carboxylic acids is 1. The van der Waals surface area contributed by atoms with Crippen LogP contribution in [0.1, 0.15) is 6.42 Å². The van der Waals surface area contributed by atoms with Crippen LogP contribution in [-0.2, 0) is 9.53 Å². The maximum absolute atomic E-state index is 11.7. The Morgan fingerprint density at radius 3 is 2.86 bits per heavy atom. The van der Waals surface area contributed by atoms with E-state index in [4.69, 9.17) is 14.2 Å². The number of rotatable bonds is 5. The zero-order valence-electron chi connectivity index (χ0n) is 15.5. The Morgan fingerprint density at radius 1 is 1.29 bits per heavy atom. The molecule has 8 nitrogen and oxygen atoms in total. The number of hydrogen-bond donors (Lipinski definition) is 1. The lowest BCUT2D eigenvalue weighted by Gasteiger charge is -2.16. The van der Waals surface area contributed by atoms with Crippen LogP contribution in [0.15, 0.2) is 42.7 Å². The maximum Gasteiger partial charge on any atom is 0.323 e. The molecule has 2 aromatic heterocycles. The van der Waals surface area contributed by atoms with E-state index in [1.165, 1.54) is 7.11 Å². The zero-order chi connectivity index (χ0) is 18.8. The van der Waals surface area contributed by atoms with Gasteiger partial charge in [-0.1, -0.05) is 0 Å². The molecule has 9 heteroatoms. The van der Waals surface area contributed by atoms with E-state index in [9.17, 15) is 4.79 Å². The number of benzene rings is 1.